The van der Waals surface area contributed by atoms with Crippen molar-refractivity contribution < 1.29 is 14.7 Å². The van der Waals surface area contributed by atoms with E-state index < -0.39 is 18.3 Å². The Bertz CT molecular complexity index is 943. The molecule has 0 saturated carbocycles. The van der Waals surface area contributed by atoms with Crippen molar-refractivity contribution in [2.75, 3.05) is 18.1 Å². The van der Waals surface area contributed by atoms with Gasteiger partial charge in [0, 0.05) is 22.8 Å². The van der Waals surface area contributed by atoms with Gasteiger partial charge in [0.2, 0.25) is 11.8 Å². The highest BCUT2D eigenvalue weighted by Gasteiger charge is 2.46. The molecular formula is C21H28N6O3S2. The van der Waals surface area contributed by atoms with Crippen molar-refractivity contribution in [1.82, 2.24) is 25.1 Å². The summed E-state index contributed by atoms with van der Waals surface area (Å²) in [6, 6.07) is 8.29. The first-order valence-corrected chi connectivity index (χ1v) is 12.5. The summed E-state index contributed by atoms with van der Waals surface area (Å²) in [4.78, 5) is 27.5. The molecule has 32 heavy (non-hydrogen) atoms. The number of hydrogen-bond donors (Lipinski definition) is 4. The summed E-state index contributed by atoms with van der Waals surface area (Å²) in [5.74, 6) is 0.220. The molecule has 2 fully saturated rings. The molecule has 3 heterocycles. The van der Waals surface area contributed by atoms with E-state index >= 15 is 0 Å². The Hall–Kier alpha value is -2.05. The number of aliphatic hydroxyl groups excluding tert-OH is 1. The molecular weight excluding hydrogens is 448 g/mol. The van der Waals surface area contributed by atoms with Crippen LogP contribution < -0.4 is 16.0 Å². The third kappa shape index (κ3) is 4.81. The van der Waals surface area contributed by atoms with Crippen LogP contribution in [0.25, 0.3) is 11.3 Å². The van der Waals surface area contributed by atoms with Crippen molar-refractivity contribution >= 4 is 40.1 Å². The number of carbonyl (C=O) groups is 2. The van der Waals surface area contributed by atoms with Crippen molar-refractivity contribution in [2.45, 2.75) is 55.9 Å². The van der Waals surface area contributed by atoms with Crippen LogP contribution in [0.5, 0.6) is 0 Å². The lowest BCUT2D eigenvalue weighted by atomic mass is 10.1. The zero-order valence-corrected chi connectivity index (χ0v) is 19.7. The predicted molar refractivity (Wildman–Crippen MR) is 126 cm³/mol. The van der Waals surface area contributed by atoms with Gasteiger partial charge in [-0.05, 0) is 33.2 Å². The fraction of sp³-hybridized carbons (Fsp3) is 0.524. The van der Waals surface area contributed by atoms with E-state index in [0.717, 1.165) is 29.9 Å². The van der Waals surface area contributed by atoms with Gasteiger partial charge in [0.25, 0.3) is 0 Å². The third-order valence-corrected chi connectivity index (χ3v) is 8.01. The molecule has 1 aromatic heterocycles. The number of amides is 2. The summed E-state index contributed by atoms with van der Waals surface area (Å²) in [5.41, 5.74) is 1.51. The standard InChI is InChI=1S/C21H28N6O3S2/c1-12(22-2)18(28)23-14-9-6-10-16-27(21(14)30)15(11-31-16)19(29)24-20-17(25-26-32-20)13-7-4-3-5-8-13/h3-5,7-8,12,14-16,21-22,30H,6,9-11H2,1-2H3,(H,23,28)(H,24,29)/t12-,14?,15-,16-,21?/m0/s1. The second-order valence-corrected chi connectivity index (χ2v) is 9.99. The maximum atomic E-state index is 13.3. The number of nitrogens with zero attached hydrogens (tertiary/aromatic N) is 3. The van der Waals surface area contributed by atoms with E-state index in [2.05, 4.69) is 25.5 Å². The number of carbonyl (C=O) groups excluding carboxylic acids is 2. The van der Waals surface area contributed by atoms with Crippen molar-refractivity contribution in [3.05, 3.63) is 30.3 Å². The van der Waals surface area contributed by atoms with Crippen LogP contribution in [0, 0.1) is 0 Å². The molecule has 9 nitrogen and oxygen atoms in total. The minimum Gasteiger partial charge on any atom is -0.376 e. The predicted octanol–water partition coefficient (Wildman–Crippen LogP) is 1.48. The first kappa shape index (κ1) is 23.1. The van der Waals surface area contributed by atoms with E-state index in [4.69, 9.17) is 0 Å². The topological polar surface area (TPSA) is 119 Å². The van der Waals surface area contributed by atoms with E-state index in [0.29, 0.717) is 22.9 Å². The third-order valence-electron chi connectivity index (χ3n) is 6.00. The molecule has 4 N–H and O–H groups in total. The summed E-state index contributed by atoms with van der Waals surface area (Å²) in [7, 11) is 1.72. The average molecular weight is 477 g/mol. The monoisotopic (exact) mass is 476 g/mol. The zero-order valence-electron chi connectivity index (χ0n) is 18.0. The Morgan fingerprint density at radius 3 is 2.78 bits per heavy atom. The molecule has 2 unspecified atom stereocenters. The molecule has 0 aliphatic carbocycles. The fourth-order valence-corrected chi connectivity index (χ4v) is 6.18. The lowest BCUT2D eigenvalue weighted by Gasteiger charge is -2.35. The maximum absolute atomic E-state index is 13.3. The highest BCUT2D eigenvalue weighted by Crippen LogP contribution is 2.38. The van der Waals surface area contributed by atoms with Gasteiger partial charge in [-0.1, -0.05) is 34.8 Å². The molecule has 1 aromatic carbocycles. The van der Waals surface area contributed by atoms with Crippen molar-refractivity contribution in [2.24, 2.45) is 0 Å². The number of aromatic nitrogens is 2. The number of benzene rings is 1. The highest BCUT2D eigenvalue weighted by atomic mass is 32.2. The van der Waals surface area contributed by atoms with Gasteiger partial charge < -0.3 is 21.1 Å². The SMILES string of the molecule is CN[C@@H](C)C(=O)NC1CCC[C@@H]2SC[C@@H](C(=O)Nc3snnc3-c3ccccc3)N2C1O. The number of nitrogens with one attached hydrogen (secondary N) is 3. The van der Waals surface area contributed by atoms with E-state index in [1.807, 2.05) is 35.2 Å². The van der Waals surface area contributed by atoms with Crippen LogP contribution in [0.4, 0.5) is 5.00 Å². The number of thioether (sulfide) groups is 1. The molecule has 4 rings (SSSR count). The van der Waals surface area contributed by atoms with Crippen molar-refractivity contribution in [3.8, 4) is 11.3 Å². The molecule has 0 bridgehead atoms. The number of rotatable bonds is 6. The quantitative estimate of drug-likeness (QED) is 0.495. The molecule has 2 aliphatic heterocycles. The second kappa shape index (κ2) is 10.3. The van der Waals surface area contributed by atoms with E-state index in [9.17, 15) is 14.7 Å². The Morgan fingerprint density at radius 2 is 2.03 bits per heavy atom. The summed E-state index contributed by atoms with van der Waals surface area (Å²) < 4.78 is 4.01. The van der Waals surface area contributed by atoms with Gasteiger partial charge in [-0.2, -0.15) is 0 Å². The molecule has 2 aromatic rings. The summed E-state index contributed by atoms with van der Waals surface area (Å²) in [6.07, 6.45) is 1.46. The van der Waals surface area contributed by atoms with Crippen LogP contribution in [-0.2, 0) is 9.59 Å². The molecule has 11 heteroatoms. The Kier molecular flexibility index (Phi) is 7.41. The summed E-state index contributed by atoms with van der Waals surface area (Å²) in [5, 5.41) is 24.8. The van der Waals surface area contributed by atoms with Gasteiger partial charge in [0.1, 0.15) is 23.0 Å². The first-order chi connectivity index (χ1) is 15.5. The Balaban J connectivity index is 1.49. The summed E-state index contributed by atoms with van der Waals surface area (Å²) in [6.45, 7) is 1.77. The van der Waals surface area contributed by atoms with Crippen LogP contribution in [0.15, 0.2) is 30.3 Å². The van der Waals surface area contributed by atoms with Crippen LogP contribution in [0.2, 0.25) is 0 Å². The zero-order chi connectivity index (χ0) is 22.7. The van der Waals surface area contributed by atoms with Gasteiger partial charge >= 0.3 is 0 Å². The summed E-state index contributed by atoms with van der Waals surface area (Å²) >= 11 is 2.81. The van der Waals surface area contributed by atoms with Gasteiger partial charge in [-0.25, -0.2) is 0 Å². The number of anilines is 1. The average Bonchev–Trinajstić information content (AvgIpc) is 3.41. The van der Waals surface area contributed by atoms with E-state index in [-0.39, 0.29) is 23.2 Å². The number of likely N-dealkylation sites (N-methyl/N-ethyl adjacent to an activating group) is 1. The number of fused-ring (bicyclic) bond motifs is 1. The van der Waals surface area contributed by atoms with Gasteiger partial charge in [-0.15, -0.1) is 16.9 Å². The van der Waals surface area contributed by atoms with E-state index in [1.54, 1.807) is 25.7 Å². The molecule has 2 amide bonds. The molecule has 0 spiro atoms. The number of hydrogen-bond acceptors (Lipinski definition) is 9. The van der Waals surface area contributed by atoms with Crippen LogP contribution in [-0.4, -0.2) is 73.9 Å². The number of aliphatic hydroxyl groups is 1. The molecule has 172 valence electrons. The minimum absolute atomic E-state index is 0.0394. The molecule has 2 saturated heterocycles. The smallest absolute Gasteiger partial charge is 0.243 e. The van der Waals surface area contributed by atoms with Crippen LogP contribution in [0.3, 0.4) is 0 Å². The Morgan fingerprint density at radius 1 is 1.25 bits per heavy atom. The second-order valence-electron chi connectivity index (χ2n) is 8.03. The first-order valence-electron chi connectivity index (χ1n) is 10.7. The Labute approximate surface area is 195 Å². The van der Waals surface area contributed by atoms with Gasteiger partial charge in [0.15, 0.2) is 0 Å². The normalized spacial score (nSPS) is 26.7. The molecule has 0 radical (unpaired) electrons. The van der Waals surface area contributed by atoms with E-state index in [1.165, 1.54) is 0 Å². The fourth-order valence-electron chi connectivity index (χ4n) is 4.08. The molecule has 2 aliphatic rings. The lowest BCUT2D eigenvalue weighted by Crippen LogP contribution is -2.58. The van der Waals surface area contributed by atoms with Crippen LogP contribution >= 0.6 is 23.3 Å². The van der Waals surface area contributed by atoms with Crippen LogP contribution in [0.1, 0.15) is 26.2 Å². The highest BCUT2D eigenvalue weighted by molar-refractivity contribution is 8.00. The minimum atomic E-state index is -0.936. The van der Waals surface area contributed by atoms with Crippen molar-refractivity contribution in [1.29, 1.82) is 0 Å². The largest absolute Gasteiger partial charge is 0.376 e. The van der Waals surface area contributed by atoms with Gasteiger partial charge in [0.05, 0.1) is 17.5 Å². The van der Waals surface area contributed by atoms with Crippen molar-refractivity contribution in [3.63, 3.8) is 0 Å². The molecule has 5 atom stereocenters. The maximum Gasteiger partial charge on any atom is 0.243 e. The lowest BCUT2D eigenvalue weighted by molar-refractivity contribution is -0.129. The van der Waals surface area contributed by atoms with Gasteiger partial charge in [-0.3, -0.25) is 14.5 Å².